The van der Waals surface area contributed by atoms with Gasteiger partial charge in [-0.2, -0.15) is 0 Å². The third kappa shape index (κ3) is 10.1. The Morgan fingerprint density at radius 2 is 2.00 bits per heavy atom. The molecule has 0 spiro atoms. The maximum atomic E-state index is 14.5. The number of nitrogens with zero attached hydrogens (tertiary/aromatic N) is 5. The SMILES string of the molecule is C/C=C(\NC(CC)=NCC(CC1CN(C)C(C)(C)C1)/C(C)=C/C)SNC(=O)c1ccc(-n2ccc(OCCC3(C(C)(C)F)CC3)n2)nc1Cl. The van der Waals surface area contributed by atoms with Crippen molar-refractivity contribution in [2.45, 2.75) is 105 Å². The molecule has 1 saturated carbocycles. The first-order valence-electron chi connectivity index (χ1n) is 17.4. The summed E-state index contributed by atoms with van der Waals surface area (Å²) in [6, 6.07) is 5.03. The van der Waals surface area contributed by atoms with Crippen molar-refractivity contribution in [3.05, 3.63) is 57.9 Å². The lowest BCUT2D eigenvalue weighted by atomic mass is 9.85. The lowest BCUT2D eigenvalue weighted by Gasteiger charge is -2.26. The van der Waals surface area contributed by atoms with Crippen LogP contribution in [0.15, 0.2) is 52.1 Å². The first-order valence-corrected chi connectivity index (χ1v) is 18.6. The normalized spacial score (nSPS) is 20.3. The third-order valence-corrected chi connectivity index (χ3v) is 11.6. The molecule has 1 aliphatic carbocycles. The number of hydrogen-bond acceptors (Lipinski definition) is 7. The zero-order chi connectivity index (χ0) is 36.0. The number of hydrogen-bond donors (Lipinski definition) is 2. The van der Waals surface area contributed by atoms with Gasteiger partial charge in [-0.25, -0.2) is 14.1 Å². The van der Waals surface area contributed by atoms with E-state index in [1.807, 2.05) is 13.0 Å². The van der Waals surface area contributed by atoms with Crippen molar-refractivity contribution in [3.8, 4) is 11.7 Å². The highest BCUT2D eigenvalue weighted by Crippen LogP contribution is 2.58. The van der Waals surface area contributed by atoms with Gasteiger partial charge >= 0.3 is 0 Å². The van der Waals surface area contributed by atoms with Gasteiger partial charge in [0, 0.05) is 54.7 Å². The fraction of sp³-hybridized carbons (Fsp3) is 0.622. The average molecular weight is 716 g/mol. The molecule has 0 radical (unpaired) electrons. The number of amidine groups is 1. The molecule has 0 aromatic carbocycles. The number of carbonyl (C=O) groups excluding carboxylic acids is 1. The molecule has 2 aromatic rings. The maximum absolute atomic E-state index is 14.5. The van der Waals surface area contributed by atoms with Crippen LogP contribution in [0, 0.1) is 17.3 Å². The van der Waals surface area contributed by atoms with Crippen LogP contribution in [0.25, 0.3) is 5.82 Å². The van der Waals surface area contributed by atoms with E-state index >= 15 is 0 Å². The van der Waals surface area contributed by atoms with Gasteiger partial charge in [-0.3, -0.25) is 14.5 Å². The number of alkyl halides is 1. The van der Waals surface area contributed by atoms with Crippen molar-refractivity contribution < 1.29 is 13.9 Å². The Hall–Kier alpha value is -2.89. The molecule has 49 heavy (non-hydrogen) atoms. The predicted octanol–water partition coefficient (Wildman–Crippen LogP) is 8.56. The van der Waals surface area contributed by atoms with Gasteiger partial charge in [0.2, 0.25) is 5.88 Å². The number of aliphatic imine (C=N–C) groups is 1. The molecule has 1 amide bonds. The zero-order valence-electron chi connectivity index (χ0n) is 30.7. The summed E-state index contributed by atoms with van der Waals surface area (Å²) in [4.78, 5) is 25.0. The van der Waals surface area contributed by atoms with E-state index in [4.69, 9.17) is 21.3 Å². The van der Waals surface area contributed by atoms with Crippen molar-refractivity contribution in [2.75, 3.05) is 26.7 Å². The van der Waals surface area contributed by atoms with Crippen molar-refractivity contribution >= 4 is 35.3 Å². The lowest BCUT2D eigenvalue weighted by Crippen LogP contribution is -2.34. The molecule has 12 heteroatoms. The maximum Gasteiger partial charge on any atom is 0.264 e. The van der Waals surface area contributed by atoms with E-state index in [0.717, 1.165) is 49.6 Å². The van der Waals surface area contributed by atoms with Gasteiger partial charge in [0.1, 0.15) is 16.7 Å². The molecule has 2 unspecified atom stereocenters. The molecular formula is C37H55ClFN7O2S. The van der Waals surface area contributed by atoms with Crippen molar-refractivity contribution in [1.29, 1.82) is 0 Å². The lowest BCUT2D eigenvalue weighted by molar-refractivity contribution is 0.0834. The molecular weight excluding hydrogens is 661 g/mol. The van der Waals surface area contributed by atoms with Gasteiger partial charge in [-0.15, -0.1) is 5.10 Å². The van der Waals surface area contributed by atoms with E-state index in [9.17, 15) is 9.18 Å². The Morgan fingerprint density at radius 1 is 1.27 bits per heavy atom. The average Bonchev–Trinajstić information content (AvgIpc) is 3.63. The first-order chi connectivity index (χ1) is 23.1. The summed E-state index contributed by atoms with van der Waals surface area (Å²) in [6.07, 6.45) is 11.3. The molecule has 9 nitrogen and oxygen atoms in total. The van der Waals surface area contributed by atoms with Crippen LogP contribution in [-0.2, 0) is 0 Å². The number of ether oxygens (including phenoxy) is 1. The van der Waals surface area contributed by atoms with E-state index in [2.05, 4.69) is 72.8 Å². The second-order valence-corrected chi connectivity index (χ2v) is 15.8. The van der Waals surface area contributed by atoms with E-state index in [0.29, 0.717) is 36.6 Å². The Labute approximate surface area is 301 Å². The summed E-state index contributed by atoms with van der Waals surface area (Å²) < 4.78 is 24.7. The van der Waals surface area contributed by atoms with Crippen LogP contribution in [0.1, 0.15) is 104 Å². The minimum Gasteiger partial charge on any atom is -0.477 e. The van der Waals surface area contributed by atoms with Crippen LogP contribution in [0.3, 0.4) is 0 Å². The largest absolute Gasteiger partial charge is 0.477 e. The Morgan fingerprint density at radius 3 is 2.57 bits per heavy atom. The molecule has 2 aliphatic rings. The topological polar surface area (TPSA) is 96.7 Å². The Bertz CT molecular complexity index is 1540. The highest BCUT2D eigenvalue weighted by Gasteiger charge is 2.54. The van der Waals surface area contributed by atoms with Crippen LogP contribution in [0.4, 0.5) is 4.39 Å². The quantitative estimate of drug-likeness (QED) is 0.0591. The number of amides is 1. The number of rotatable bonds is 16. The van der Waals surface area contributed by atoms with Crippen molar-refractivity contribution in [1.82, 2.24) is 29.7 Å². The number of likely N-dealkylation sites (tertiary alicyclic amines) is 1. The summed E-state index contributed by atoms with van der Waals surface area (Å²) in [6.45, 7) is 18.5. The minimum atomic E-state index is -1.22. The van der Waals surface area contributed by atoms with Crippen molar-refractivity contribution in [3.63, 3.8) is 0 Å². The number of halogens is 2. The molecule has 270 valence electrons. The number of nitrogens with one attached hydrogen (secondary N) is 2. The number of aromatic nitrogens is 3. The molecule has 1 aliphatic heterocycles. The summed E-state index contributed by atoms with van der Waals surface area (Å²) in [5.41, 5.74) is 0.334. The molecule has 2 fully saturated rings. The van der Waals surface area contributed by atoms with Crippen LogP contribution in [0.5, 0.6) is 5.88 Å². The molecule has 2 aromatic heterocycles. The highest BCUT2D eigenvalue weighted by molar-refractivity contribution is 8.01. The molecule has 4 rings (SSSR count). The van der Waals surface area contributed by atoms with Crippen LogP contribution in [0.2, 0.25) is 5.15 Å². The molecule has 2 N–H and O–H groups in total. The van der Waals surface area contributed by atoms with E-state index < -0.39 is 5.67 Å². The summed E-state index contributed by atoms with van der Waals surface area (Å²) >= 11 is 7.64. The Balaban J connectivity index is 1.30. The molecule has 0 bridgehead atoms. The van der Waals surface area contributed by atoms with E-state index in [1.54, 1.807) is 38.2 Å². The fourth-order valence-corrected chi connectivity index (χ4v) is 7.39. The summed E-state index contributed by atoms with van der Waals surface area (Å²) in [7, 11) is 2.22. The van der Waals surface area contributed by atoms with Crippen LogP contribution < -0.4 is 14.8 Å². The number of carbonyl (C=O) groups is 1. The standard InChI is InChI=1S/C37H55ClFN7O2S/c1-10-25(4)27(21-26-22-35(5,6)45(9)24-26)23-40-29(11-2)41-32(12-3)49-44-34(47)28-13-14-30(42-33(28)38)46-19-15-31(43-46)48-20-18-37(16-17-37)36(7,8)39/h10,12-15,19,26-27H,11,16-18,20-24H2,1-9H3,(H,40,41)(H,44,47)/b25-10+,32-12+. The van der Waals surface area contributed by atoms with E-state index in [1.165, 1.54) is 28.6 Å². The van der Waals surface area contributed by atoms with Crippen LogP contribution >= 0.6 is 23.5 Å². The summed E-state index contributed by atoms with van der Waals surface area (Å²) in [5.74, 6) is 2.41. The molecule has 2 atom stereocenters. The van der Waals surface area contributed by atoms with Gasteiger partial charge in [0.25, 0.3) is 5.91 Å². The van der Waals surface area contributed by atoms with Gasteiger partial charge in [-0.05, 0) is 112 Å². The van der Waals surface area contributed by atoms with Gasteiger partial charge in [-0.1, -0.05) is 36.2 Å². The smallest absolute Gasteiger partial charge is 0.264 e. The highest BCUT2D eigenvalue weighted by atomic mass is 35.5. The van der Waals surface area contributed by atoms with Crippen LogP contribution in [-0.4, -0.2) is 69.4 Å². The third-order valence-electron chi connectivity index (χ3n) is 10.5. The molecule has 1 saturated heterocycles. The number of allylic oxidation sites excluding steroid dienone is 2. The van der Waals surface area contributed by atoms with Gasteiger partial charge < -0.3 is 15.0 Å². The van der Waals surface area contributed by atoms with Gasteiger partial charge in [0.15, 0.2) is 5.82 Å². The van der Waals surface area contributed by atoms with Gasteiger partial charge in [0.05, 0.1) is 17.2 Å². The minimum absolute atomic E-state index is 0.0578. The first kappa shape index (κ1) is 38.9. The van der Waals surface area contributed by atoms with Crippen molar-refractivity contribution in [2.24, 2.45) is 22.2 Å². The second-order valence-electron chi connectivity index (χ2n) is 14.6. The zero-order valence-corrected chi connectivity index (χ0v) is 32.3. The predicted molar refractivity (Wildman–Crippen MR) is 200 cm³/mol. The monoisotopic (exact) mass is 715 g/mol. The second kappa shape index (κ2) is 16.4. The summed E-state index contributed by atoms with van der Waals surface area (Å²) in [5, 5.41) is 8.65. The molecule has 3 heterocycles. The fourth-order valence-electron chi connectivity index (χ4n) is 6.55. The van der Waals surface area contributed by atoms with E-state index in [-0.39, 0.29) is 27.6 Å². The number of pyridine rings is 1. The Kier molecular flexibility index (Phi) is 13.0.